The molecule has 0 N–H and O–H groups in total. The third-order valence-electron chi connectivity index (χ3n) is 10.2. The summed E-state index contributed by atoms with van der Waals surface area (Å²) in [5.74, 6) is 3.34. The van der Waals surface area contributed by atoms with Crippen LogP contribution in [0.4, 0.5) is 0 Å². The summed E-state index contributed by atoms with van der Waals surface area (Å²) in [6, 6.07) is 0. The van der Waals surface area contributed by atoms with Gasteiger partial charge in [0.05, 0.1) is 0 Å². The first kappa shape index (κ1) is 17.8. The second-order valence-electron chi connectivity index (χ2n) is 10.9. The Morgan fingerprint density at radius 2 is 1.52 bits per heavy atom. The summed E-state index contributed by atoms with van der Waals surface area (Å²) in [6.45, 7) is 14.2. The summed E-state index contributed by atoms with van der Waals surface area (Å²) in [6.07, 6.45) is 10.6. The van der Waals surface area contributed by atoms with Crippen molar-refractivity contribution in [1.82, 2.24) is 0 Å². The molecule has 0 saturated heterocycles. The molecule has 0 aromatic heterocycles. The van der Waals surface area contributed by atoms with Crippen LogP contribution < -0.4 is 0 Å². The van der Waals surface area contributed by atoms with E-state index in [0.717, 1.165) is 24.2 Å². The van der Waals surface area contributed by atoms with Gasteiger partial charge in [-0.05, 0) is 106 Å². The maximum absolute atomic E-state index is 12.4. The van der Waals surface area contributed by atoms with Gasteiger partial charge in [-0.1, -0.05) is 31.9 Å². The van der Waals surface area contributed by atoms with Crippen molar-refractivity contribution < 1.29 is 4.79 Å². The van der Waals surface area contributed by atoms with Crippen LogP contribution in [0.15, 0.2) is 11.1 Å². The lowest BCUT2D eigenvalue weighted by molar-refractivity contribution is -0.146. The number of hydrogen-bond acceptors (Lipinski definition) is 1. The number of allylic oxidation sites excluding steroid dienone is 2. The molecule has 0 aromatic carbocycles. The molecule has 1 heteroatoms. The maximum atomic E-state index is 12.4. The Bertz CT molecular complexity index is 626. The van der Waals surface area contributed by atoms with E-state index in [1.54, 1.807) is 11.1 Å². The zero-order valence-electron chi connectivity index (χ0n) is 17.4. The van der Waals surface area contributed by atoms with Crippen LogP contribution in [0.25, 0.3) is 0 Å². The average molecular weight is 343 g/mol. The number of Topliss-reactive ketones (excluding diaryl/α,β-unsaturated/α-hetero) is 1. The SMILES string of the molecule is CC(=O)C1CCC2(C)C3CCC4C(=C(C)C)CCC4(C)C3CCC12C. The minimum atomic E-state index is 0.251. The van der Waals surface area contributed by atoms with Crippen molar-refractivity contribution in [1.29, 1.82) is 0 Å². The second-order valence-corrected chi connectivity index (χ2v) is 10.9. The van der Waals surface area contributed by atoms with Gasteiger partial charge in [0.1, 0.15) is 5.78 Å². The first-order valence-electron chi connectivity index (χ1n) is 10.8. The van der Waals surface area contributed by atoms with Gasteiger partial charge in [0.25, 0.3) is 0 Å². The predicted molar refractivity (Wildman–Crippen MR) is 104 cm³/mol. The monoisotopic (exact) mass is 342 g/mol. The van der Waals surface area contributed by atoms with Crippen molar-refractivity contribution in [3.63, 3.8) is 0 Å². The Labute approximate surface area is 155 Å². The largest absolute Gasteiger partial charge is 0.300 e. The third kappa shape index (κ3) is 2.10. The Balaban J connectivity index is 1.71. The minimum Gasteiger partial charge on any atom is -0.300 e. The summed E-state index contributed by atoms with van der Waals surface area (Å²) >= 11 is 0. The molecule has 0 spiro atoms. The van der Waals surface area contributed by atoms with E-state index in [9.17, 15) is 4.79 Å². The van der Waals surface area contributed by atoms with Crippen molar-refractivity contribution in [3.05, 3.63) is 11.1 Å². The van der Waals surface area contributed by atoms with E-state index >= 15 is 0 Å². The van der Waals surface area contributed by atoms with Gasteiger partial charge in [0.2, 0.25) is 0 Å². The van der Waals surface area contributed by atoms with E-state index in [0.29, 0.717) is 22.5 Å². The van der Waals surface area contributed by atoms with Gasteiger partial charge in [-0.25, -0.2) is 0 Å². The Hall–Kier alpha value is -0.590. The molecule has 0 aromatic rings. The summed E-state index contributed by atoms with van der Waals surface area (Å²) in [5, 5.41) is 0. The van der Waals surface area contributed by atoms with Crippen LogP contribution in [0, 0.1) is 39.9 Å². The van der Waals surface area contributed by atoms with E-state index in [1.165, 1.54) is 44.9 Å². The van der Waals surface area contributed by atoms with Gasteiger partial charge >= 0.3 is 0 Å². The average Bonchev–Trinajstić information content (AvgIpc) is 3.02. The van der Waals surface area contributed by atoms with Crippen LogP contribution in [-0.4, -0.2) is 5.78 Å². The van der Waals surface area contributed by atoms with Gasteiger partial charge in [-0.15, -0.1) is 0 Å². The van der Waals surface area contributed by atoms with E-state index in [1.807, 2.05) is 6.92 Å². The fourth-order valence-corrected chi connectivity index (χ4v) is 8.62. The summed E-state index contributed by atoms with van der Waals surface area (Å²) in [4.78, 5) is 12.4. The van der Waals surface area contributed by atoms with E-state index in [-0.39, 0.29) is 5.41 Å². The van der Waals surface area contributed by atoms with Crippen LogP contribution >= 0.6 is 0 Å². The van der Waals surface area contributed by atoms with Crippen molar-refractivity contribution in [3.8, 4) is 0 Å². The lowest BCUT2D eigenvalue weighted by Gasteiger charge is -2.62. The Morgan fingerprint density at radius 1 is 0.840 bits per heavy atom. The van der Waals surface area contributed by atoms with Gasteiger partial charge < -0.3 is 0 Å². The molecule has 0 aliphatic heterocycles. The molecule has 0 radical (unpaired) electrons. The zero-order valence-corrected chi connectivity index (χ0v) is 17.4. The molecule has 4 aliphatic carbocycles. The van der Waals surface area contributed by atoms with Gasteiger partial charge in [0, 0.05) is 5.92 Å². The molecule has 1 nitrogen and oxygen atoms in total. The molecule has 7 atom stereocenters. The fourth-order valence-electron chi connectivity index (χ4n) is 8.62. The first-order chi connectivity index (χ1) is 11.6. The van der Waals surface area contributed by atoms with Crippen LogP contribution in [0.1, 0.15) is 92.9 Å². The fraction of sp³-hybridized carbons (Fsp3) is 0.875. The zero-order chi connectivity index (χ0) is 18.2. The van der Waals surface area contributed by atoms with Gasteiger partial charge in [-0.2, -0.15) is 0 Å². The summed E-state index contributed by atoms with van der Waals surface area (Å²) < 4.78 is 0. The van der Waals surface area contributed by atoms with Gasteiger partial charge in [0.15, 0.2) is 0 Å². The number of carbonyl (C=O) groups excluding carboxylic acids is 1. The van der Waals surface area contributed by atoms with Crippen molar-refractivity contribution in [2.45, 2.75) is 92.9 Å². The molecule has 4 saturated carbocycles. The van der Waals surface area contributed by atoms with Crippen LogP contribution in [0.2, 0.25) is 0 Å². The topological polar surface area (TPSA) is 17.1 Å². The van der Waals surface area contributed by atoms with E-state index in [4.69, 9.17) is 0 Å². The molecule has 4 rings (SSSR count). The smallest absolute Gasteiger partial charge is 0.133 e. The molecule has 4 aliphatic rings. The second kappa shape index (κ2) is 5.46. The number of ketones is 1. The molecular formula is C24H38O. The van der Waals surface area contributed by atoms with E-state index < -0.39 is 0 Å². The van der Waals surface area contributed by atoms with Gasteiger partial charge in [-0.3, -0.25) is 4.79 Å². The van der Waals surface area contributed by atoms with Crippen LogP contribution in [0.5, 0.6) is 0 Å². The Morgan fingerprint density at radius 3 is 2.16 bits per heavy atom. The predicted octanol–water partition coefficient (Wildman–Crippen LogP) is 6.57. The molecule has 7 unspecified atom stereocenters. The first-order valence-corrected chi connectivity index (χ1v) is 10.8. The summed E-state index contributed by atoms with van der Waals surface area (Å²) in [5.41, 5.74) is 4.55. The Kier molecular flexibility index (Phi) is 3.89. The number of hydrogen-bond donors (Lipinski definition) is 0. The molecular weight excluding hydrogens is 304 g/mol. The number of fused-ring (bicyclic) bond motifs is 5. The number of carbonyl (C=O) groups is 1. The van der Waals surface area contributed by atoms with Crippen molar-refractivity contribution >= 4 is 5.78 Å². The number of rotatable bonds is 1. The molecule has 4 fully saturated rings. The molecule has 0 heterocycles. The molecule has 0 bridgehead atoms. The minimum absolute atomic E-state index is 0.251. The summed E-state index contributed by atoms with van der Waals surface area (Å²) in [7, 11) is 0. The highest BCUT2D eigenvalue weighted by molar-refractivity contribution is 5.79. The van der Waals surface area contributed by atoms with Crippen LogP contribution in [0.3, 0.4) is 0 Å². The highest BCUT2D eigenvalue weighted by Gasteiger charge is 2.66. The standard InChI is InChI=1S/C24H38O/c1-15(2)17-9-12-22(4)19(17)7-8-21-20(22)11-14-23(5)18(16(3)25)10-13-24(21,23)6/h18-21H,7-14H2,1-6H3. The normalized spacial score (nSPS) is 51.7. The van der Waals surface area contributed by atoms with Crippen molar-refractivity contribution in [2.75, 3.05) is 0 Å². The van der Waals surface area contributed by atoms with Crippen molar-refractivity contribution in [2.24, 2.45) is 39.9 Å². The highest BCUT2D eigenvalue weighted by Crippen LogP contribution is 2.73. The molecule has 25 heavy (non-hydrogen) atoms. The lowest BCUT2D eigenvalue weighted by Crippen LogP contribution is -2.56. The maximum Gasteiger partial charge on any atom is 0.133 e. The molecule has 0 amide bonds. The highest BCUT2D eigenvalue weighted by atomic mass is 16.1. The third-order valence-corrected chi connectivity index (χ3v) is 10.2. The molecule has 140 valence electrons. The quantitative estimate of drug-likeness (QED) is 0.492. The van der Waals surface area contributed by atoms with Crippen LogP contribution in [-0.2, 0) is 4.79 Å². The van der Waals surface area contributed by atoms with E-state index in [2.05, 4.69) is 34.6 Å². The lowest BCUT2D eigenvalue weighted by atomic mass is 9.42.